The largest absolute Gasteiger partial charge is 0.446 e. The summed E-state index contributed by atoms with van der Waals surface area (Å²) in [6, 6.07) is 22.0. The number of nitrogens with zero attached hydrogens (tertiary/aromatic N) is 4. The zero-order valence-electron chi connectivity index (χ0n) is 19.0. The number of hydrogen-bond acceptors (Lipinski definition) is 6. The lowest BCUT2D eigenvalue weighted by Crippen LogP contribution is -2.05. The second-order valence-electron chi connectivity index (χ2n) is 8.32. The van der Waals surface area contributed by atoms with E-state index in [0.717, 1.165) is 33.5 Å². The van der Waals surface area contributed by atoms with Gasteiger partial charge in [0.25, 0.3) is 0 Å². The van der Waals surface area contributed by atoms with Crippen molar-refractivity contribution in [3.05, 3.63) is 96.0 Å². The maximum absolute atomic E-state index is 10.2. The molecular weight excluding hydrogens is 422 g/mol. The maximum atomic E-state index is 10.2. The first-order valence-corrected chi connectivity index (χ1v) is 11.2. The molecule has 0 aliphatic rings. The van der Waals surface area contributed by atoms with Gasteiger partial charge in [-0.05, 0) is 41.3 Å². The normalized spacial score (nSPS) is 11.0. The molecule has 0 amide bonds. The van der Waals surface area contributed by atoms with Crippen LogP contribution in [-0.4, -0.2) is 15.0 Å². The standard InChI is InChI=1S/C28H23N5O/c1-18(2)20-7-3-4-8-21(20)27-23(15-29)26(22-12-14-34-28(22)33-27)32-17-19-10-11-25(31-16-19)24-9-5-6-13-30-24/h3-14,16,18H,17H2,1-2H3,(H,32,33). The predicted molar refractivity (Wildman–Crippen MR) is 133 cm³/mol. The van der Waals surface area contributed by atoms with Gasteiger partial charge in [-0.25, -0.2) is 4.98 Å². The van der Waals surface area contributed by atoms with Gasteiger partial charge >= 0.3 is 0 Å². The highest BCUT2D eigenvalue weighted by Gasteiger charge is 2.20. The van der Waals surface area contributed by atoms with Crippen LogP contribution in [0.25, 0.3) is 33.7 Å². The van der Waals surface area contributed by atoms with Crippen molar-refractivity contribution in [1.82, 2.24) is 15.0 Å². The summed E-state index contributed by atoms with van der Waals surface area (Å²) < 4.78 is 5.66. The van der Waals surface area contributed by atoms with Crippen LogP contribution < -0.4 is 5.32 Å². The van der Waals surface area contributed by atoms with E-state index < -0.39 is 0 Å². The van der Waals surface area contributed by atoms with Gasteiger partial charge in [-0.3, -0.25) is 9.97 Å². The van der Waals surface area contributed by atoms with E-state index in [1.807, 2.05) is 60.8 Å². The highest BCUT2D eigenvalue weighted by Crippen LogP contribution is 2.37. The molecule has 0 bridgehead atoms. The Balaban J connectivity index is 1.52. The number of anilines is 1. The van der Waals surface area contributed by atoms with E-state index in [2.05, 4.69) is 41.3 Å². The average molecular weight is 446 g/mol. The van der Waals surface area contributed by atoms with Crippen molar-refractivity contribution in [3.8, 4) is 28.7 Å². The van der Waals surface area contributed by atoms with Crippen molar-refractivity contribution in [3.63, 3.8) is 0 Å². The number of hydrogen-bond donors (Lipinski definition) is 1. The van der Waals surface area contributed by atoms with Gasteiger partial charge in [0.05, 0.1) is 34.4 Å². The highest BCUT2D eigenvalue weighted by molar-refractivity contribution is 5.96. The zero-order valence-corrected chi connectivity index (χ0v) is 19.0. The van der Waals surface area contributed by atoms with Crippen LogP contribution in [0.2, 0.25) is 0 Å². The minimum Gasteiger partial charge on any atom is -0.446 e. The molecule has 4 aromatic heterocycles. The summed E-state index contributed by atoms with van der Waals surface area (Å²) in [7, 11) is 0. The third-order valence-corrected chi connectivity index (χ3v) is 5.79. The zero-order chi connectivity index (χ0) is 23.5. The fourth-order valence-corrected chi connectivity index (χ4v) is 4.08. The number of fused-ring (bicyclic) bond motifs is 1. The fraction of sp³-hybridized carbons (Fsp3) is 0.143. The number of nitriles is 1. The van der Waals surface area contributed by atoms with Crippen LogP contribution in [0.1, 0.15) is 36.5 Å². The molecule has 6 nitrogen and oxygen atoms in total. The van der Waals surface area contributed by atoms with E-state index in [-0.39, 0.29) is 5.92 Å². The molecular formula is C28H23N5O. The Hall–Kier alpha value is -4.50. The molecule has 0 aliphatic heterocycles. The molecule has 5 rings (SSSR count). The summed E-state index contributed by atoms with van der Waals surface area (Å²) >= 11 is 0. The molecule has 34 heavy (non-hydrogen) atoms. The molecule has 1 aromatic carbocycles. The van der Waals surface area contributed by atoms with Crippen LogP contribution in [0.5, 0.6) is 0 Å². The van der Waals surface area contributed by atoms with Gasteiger partial charge in [-0.2, -0.15) is 5.26 Å². The van der Waals surface area contributed by atoms with Crippen molar-refractivity contribution >= 4 is 16.8 Å². The molecule has 0 spiro atoms. The van der Waals surface area contributed by atoms with E-state index in [0.29, 0.717) is 29.2 Å². The summed E-state index contributed by atoms with van der Waals surface area (Å²) in [6.45, 7) is 4.77. The molecule has 0 unspecified atom stereocenters. The number of rotatable bonds is 6. The predicted octanol–water partition coefficient (Wildman–Crippen LogP) is 6.56. The second kappa shape index (κ2) is 9.16. The minimum atomic E-state index is 0.289. The van der Waals surface area contributed by atoms with Crippen molar-refractivity contribution in [2.45, 2.75) is 26.3 Å². The molecule has 5 aromatic rings. The van der Waals surface area contributed by atoms with Crippen LogP contribution in [0.15, 0.2) is 83.7 Å². The Morgan fingerprint density at radius 1 is 0.971 bits per heavy atom. The van der Waals surface area contributed by atoms with Crippen LogP contribution in [0.4, 0.5) is 5.69 Å². The molecule has 0 saturated carbocycles. The SMILES string of the molecule is CC(C)c1ccccc1-c1nc2occc2c(NCc2ccc(-c3ccccn3)nc2)c1C#N. The van der Waals surface area contributed by atoms with Gasteiger partial charge in [0, 0.05) is 24.5 Å². The van der Waals surface area contributed by atoms with Crippen LogP contribution in [0, 0.1) is 11.3 Å². The summed E-state index contributed by atoms with van der Waals surface area (Å²) in [4.78, 5) is 13.6. The highest BCUT2D eigenvalue weighted by atomic mass is 16.3. The molecule has 0 radical (unpaired) electrons. The Morgan fingerprint density at radius 2 is 1.79 bits per heavy atom. The summed E-state index contributed by atoms with van der Waals surface area (Å²) in [5.41, 5.74) is 7.05. The van der Waals surface area contributed by atoms with Crippen molar-refractivity contribution in [2.75, 3.05) is 5.32 Å². The van der Waals surface area contributed by atoms with Crippen LogP contribution in [0.3, 0.4) is 0 Å². The fourth-order valence-electron chi connectivity index (χ4n) is 4.08. The lowest BCUT2D eigenvalue weighted by Gasteiger charge is -2.16. The van der Waals surface area contributed by atoms with E-state index in [9.17, 15) is 5.26 Å². The Labute approximate surface area is 198 Å². The lowest BCUT2D eigenvalue weighted by molar-refractivity contribution is 0.603. The molecule has 0 aliphatic carbocycles. The molecule has 166 valence electrons. The quantitative estimate of drug-likeness (QED) is 0.318. The first-order chi connectivity index (χ1) is 16.7. The van der Waals surface area contributed by atoms with E-state index in [4.69, 9.17) is 9.40 Å². The second-order valence-corrected chi connectivity index (χ2v) is 8.32. The molecule has 6 heteroatoms. The average Bonchev–Trinajstić information content (AvgIpc) is 3.36. The van der Waals surface area contributed by atoms with E-state index in [1.165, 1.54) is 0 Å². The van der Waals surface area contributed by atoms with Crippen LogP contribution >= 0.6 is 0 Å². The van der Waals surface area contributed by atoms with Crippen molar-refractivity contribution < 1.29 is 4.42 Å². The van der Waals surface area contributed by atoms with Crippen LogP contribution in [-0.2, 0) is 6.54 Å². The Bertz CT molecular complexity index is 1480. The first kappa shape index (κ1) is 21.4. The molecule has 1 N–H and O–H groups in total. The van der Waals surface area contributed by atoms with Gasteiger partial charge in [0.15, 0.2) is 0 Å². The van der Waals surface area contributed by atoms with Gasteiger partial charge < -0.3 is 9.73 Å². The third-order valence-electron chi connectivity index (χ3n) is 5.79. The number of benzene rings is 1. The topological polar surface area (TPSA) is 87.6 Å². The molecule has 0 atom stereocenters. The first-order valence-electron chi connectivity index (χ1n) is 11.2. The minimum absolute atomic E-state index is 0.289. The number of aromatic nitrogens is 3. The number of nitrogens with one attached hydrogen (secondary N) is 1. The number of pyridine rings is 3. The van der Waals surface area contributed by atoms with Gasteiger partial charge in [-0.15, -0.1) is 0 Å². The van der Waals surface area contributed by atoms with E-state index in [1.54, 1.807) is 12.5 Å². The van der Waals surface area contributed by atoms with E-state index >= 15 is 0 Å². The molecule has 4 heterocycles. The summed E-state index contributed by atoms with van der Waals surface area (Å²) in [5, 5.41) is 14.4. The van der Waals surface area contributed by atoms with Gasteiger partial charge in [-0.1, -0.05) is 50.2 Å². The summed E-state index contributed by atoms with van der Waals surface area (Å²) in [5.74, 6) is 0.289. The lowest BCUT2D eigenvalue weighted by atomic mass is 9.92. The van der Waals surface area contributed by atoms with Gasteiger partial charge in [0.2, 0.25) is 5.71 Å². The molecule has 0 saturated heterocycles. The maximum Gasteiger partial charge on any atom is 0.228 e. The smallest absolute Gasteiger partial charge is 0.228 e. The van der Waals surface area contributed by atoms with Gasteiger partial charge in [0.1, 0.15) is 11.6 Å². The van der Waals surface area contributed by atoms with Crippen molar-refractivity contribution in [1.29, 1.82) is 5.26 Å². The van der Waals surface area contributed by atoms with Crippen molar-refractivity contribution in [2.24, 2.45) is 0 Å². The Kier molecular flexibility index (Phi) is 5.75. The monoisotopic (exact) mass is 445 g/mol. The number of furan rings is 1. The molecule has 0 fully saturated rings. The Morgan fingerprint density at radius 3 is 2.53 bits per heavy atom. The third kappa shape index (κ3) is 4.00. The summed E-state index contributed by atoms with van der Waals surface area (Å²) in [6.07, 6.45) is 5.18.